The van der Waals surface area contributed by atoms with Gasteiger partial charge in [0.1, 0.15) is 5.82 Å². The van der Waals surface area contributed by atoms with Crippen molar-refractivity contribution in [2.75, 3.05) is 18.5 Å². The van der Waals surface area contributed by atoms with Crippen molar-refractivity contribution in [3.63, 3.8) is 0 Å². The summed E-state index contributed by atoms with van der Waals surface area (Å²) in [5.41, 5.74) is 0.324. The van der Waals surface area contributed by atoms with E-state index < -0.39 is 0 Å². The smallest absolute Gasteiger partial charge is 0.240 e. The molecule has 1 aliphatic carbocycles. The third-order valence-electron chi connectivity index (χ3n) is 2.71. The number of hydrogen-bond donors (Lipinski definition) is 1. The minimum absolute atomic E-state index is 0.114. The zero-order valence-electron chi connectivity index (χ0n) is 9.24. The molecule has 1 fully saturated rings. The molecule has 0 atom stereocenters. The van der Waals surface area contributed by atoms with Crippen LogP contribution in [0.25, 0.3) is 0 Å². The maximum Gasteiger partial charge on any atom is 0.240 e. The molecular formula is C12H15FN2O. The number of carbonyl (C=O) groups is 1. The molecule has 86 valence electrons. The molecule has 0 spiro atoms. The first kappa shape index (κ1) is 11.1. The molecule has 1 aromatic carbocycles. The largest absolute Gasteiger partial charge is 0.312 e. The number of para-hydroxylation sites is 1. The van der Waals surface area contributed by atoms with E-state index >= 15 is 0 Å². The van der Waals surface area contributed by atoms with Crippen LogP contribution in [0, 0.1) is 5.82 Å². The lowest BCUT2D eigenvalue weighted by Gasteiger charge is -2.18. The van der Waals surface area contributed by atoms with Crippen molar-refractivity contribution in [3.8, 4) is 0 Å². The predicted molar refractivity (Wildman–Crippen MR) is 60.8 cm³/mol. The first-order chi connectivity index (χ1) is 7.68. The second kappa shape index (κ2) is 4.61. The number of benzene rings is 1. The van der Waals surface area contributed by atoms with Crippen molar-refractivity contribution < 1.29 is 9.18 Å². The number of amides is 1. The monoisotopic (exact) mass is 222 g/mol. The molecule has 1 aliphatic rings. The standard InChI is InChI=1S/C12H15FN2O/c1-15(11-5-3-2-4-10(11)13)12(16)8-14-9-6-7-9/h2-5,9,14H,6-8H2,1H3. The molecule has 0 saturated heterocycles. The van der Waals surface area contributed by atoms with Gasteiger partial charge in [-0.05, 0) is 25.0 Å². The number of halogens is 1. The third-order valence-corrected chi connectivity index (χ3v) is 2.71. The third kappa shape index (κ3) is 2.58. The molecule has 0 aromatic heterocycles. The van der Waals surface area contributed by atoms with E-state index in [2.05, 4.69) is 5.32 Å². The minimum atomic E-state index is -0.371. The van der Waals surface area contributed by atoms with Gasteiger partial charge in [-0.1, -0.05) is 12.1 Å². The number of anilines is 1. The second-order valence-corrected chi connectivity index (χ2v) is 4.06. The molecule has 0 heterocycles. The van der Waals surface area contributed by atoms with E-state index in [4.69, 9.17) is 0 Å². The molecule has 1 amide bonds. The summed E-state index contributed by atoms with van der Waals surface area (Å²) in [6.45, 7) is 0.273. The number of hydrogen-bond acceptors (Lipinski definition) is 2. The maximum atomic E-state index is 13.4. The van der Waals surface area contributed by atoms with E-state index in [-0.39, 0.29) is 18.3 Å². The molecule has 0 aliphatic heterocycles. The van der Waals surface area contributed by atoms with Crippen molar-refractivity contribution in [2.24, 2.45) is 0 Å². The highest BCUT2D eigenvalue weighted by Gasteiger charge is 2.22. The number of rotatable bonds is 4. The highest BCUT2D eigenvalue weighted by atomic mass is 19.1. The quantitative estimate of drug-likeness (QED) is 0.838. The summed E-state index contributed by atoms with van der Waals surface area (Å²) in [6, 6.07) is 6.77. The molecule has 3 nitrogen and oxygen atoms in total. The van der Waals surface area contributed by atoms with Gasteiger partial charge in [0.05, 0.1) is 12.2 Å². The predicted octanol–water partition coefficient (Wildman–Crippen LogP) is 1.54. The van der Waals surface area contributed by atoms with Crippen LogP contribution in [-0.2, 0) is 4.79 Å². The van der Waals surface area contributed by atoms with Gasteiger partial charge in [-0.3, -0.25) is 4.79 Å². The van der Waals surface area contributed by atoms with Gasteiger partial charge in [-0.25, -0.2) is 4.39 Å². The first-order valence-corrected chi connectivity index (χ1v) is 5.43. The lowest BCUT2D eigenvalue weighted by Crippen LogP contribution is -2.36. The van der Waals surface area contributed by atoms with Gasteiger partial charge in [-0.15, -0.1) is 0 Å². The van der Waals surface area contributed by atoms with Crippen molar-refractivity contribution in [1.82, 2.24) is 5.32 Å². The number of nitrogens with one attached hydrogen (secondary N) is 1. The fourth-order valence-corrected chi connectivity index (χ4v) is 1.50. The zero-order chi connectivity index (χ0) is 11.5. The van der Waals surface area contributed by atoms with Crippen LogP contribution >= 0.6 is 0 Å². The van der Waals surface area contributed by atoms with E-state index in [1.165, 1.54) is 11.0 Å². The minimum Gasteiger partial charge on any atom is -0.312 e. The topological polar surface area (TPSA) is 32.3 Å². The molecule has 0 bridgehead atoms. The second-order valence-electron chi connectivity index (χ2n) is 4.06. The fraction of sp³-hybridized carbons (Fsp3) is 0.417. The molecule has 16 heavy (non-hydrogen) atoms. The Morgan fingerprint density at radius 1 is 1.50 bits per heavy atom. The summed E-state index contributed by atoms with van der Waals surface area (Å²) in [5.74, 6) is -0.484. The van der Waals surface area contributed by atoms with Gasteiger partial charge in [-0.2, -0.15) is 0 Å². The van der Waals surface area contributed by atoms with Gasteiger partial charge >= 0.3 is 0 Å². The molecule has 1 N–H and O–H groups in total. The van der Waals surface area contributed by atoms with Crippen LogP contribution < -0.4 is 10.2 Å². The Morgan fingerprint density at radius 3 is 2.81 bits per heavy atom. The summed E-state index contributed by atoms with van der Waals surface area (Å²) in [5, 5.41) is 3.11. The molecule has 2 rings (SSSR count). The van der Waals surface area contributed by atoms with E-state index in [1.54, 1.807) is 25.2 Å². The Morgan fingerprint density at radius 2 is 2.19 bits per heavy atom. The van der Waals surface area contributed by atoms with Crippen LogP contribution in [-0.4, -0.2) is 25.5 Å². The summed E-state index contributed by atoms with van der Waals surface area (Å²) >= 11 is 0. The lowest BCUT2D eigenvalue weighted by atomic mass is 10.3. The van der Waals surface area contributed by atoms with Crippen LogP contribution in [0.2, 0.25) is 0 Å². The van der Waals surface area contributed by atoms with Crippen molar-refractivity contribution in [2.45, 2.75) is 18.9 Å². The lowest BCUT2D eigenvalue weighted by molar-refractivity contribution is -0.117. The Labute approximate surface area is 94.3 Å². The van der Waals surface area contributed by atoms with E-state index in [9.17, 15) is 9.18 Å². The van der Waals surface area contributed by atoms with Crippen molar-refractivity contribution >= 4 is 11.6 Å². The molecule has 1 saturated carbocycles. The molecule has 0 radical (unpaired) electrons. The summed E-state index contributed by atoms with van der Waals surface area (Å²) in [4.78, 5) is 13.1. The first-order valence-electron chi connectivity index (χ1n) is 5.43. The highest BCUT2D eigenvalue weighted by molar-refractivity contribution is 5.94. The fourth-order valence-electron chi connectivity index (χ4n) is 1.50. The van der Waals surface area contributed by atoms with Crippen molar-refractivity contribution in [1.29, 1.82) is 0 Å². The Bertz CT molecular complexity index is 390. The van der Waals surface area contributed by atoms with Crippen LogP contribution in [0.4, 0.5) is 10.1 Å². The maximum absolute atomic E-state index is 13.4. The van der Waals surface area contributed by atoms with Gasteiger partial charge < -0.3 is 10.2 Å². The number of carbonyl (C=O) groups excluding carboxylic acids is 1. The van der Waals surface area contributed by atoms with E-state index in [0.29, 0.717) is 11.7 Å². The van der Waals surface area contributed by atoms with Crippen molar-refractivity contribution in [3.05, 3.63) is 30.1 Å². The normalized spacial score (nSPS) is 14.9. The van der Waals surface area contributed by atoms with Gasteiger partial charge in [0, 0.05) is 13.1 Å². The van der Waals surface area contributed by atoms with E-state index in [0.717, 1.165) is 12.8 Å². The average Bonchev–Trinajstić information content (AvgIpc) is 3.09. The average molecular weight is 222 g/mol. The molecule has 1 aromatic rings. The Balaban J connectivity index is 1.97. The summed E-state index contributed by atoms with van der Waals surface area (Å²) in [6.07, 6.45) is 2.27. The number of likely N-dealkylation sites (N-methyl/N-ethyl adjacent to an activating group) is 1. The number of nitrogens with zero attached hydrogens (tertiary/aromatic N) is 1. The van der Waals surface area contributed by atoms with Gasteiger partial charge in [0.2, 0.25) is 5.91 Å². The van der Waals surface area contributed by atoms with E-state index in [1.807, 2.05) is 0 Å². The Kier molecular flexibility index (Phi) is 3.19. The molecule has 4 heteroatoms. The van der Waals surface area contributed by atoms with Crippen LogP contribution in [0.3, 0.4) is 0 Å². The highest BCUT2D eigenvalue weighted by Crippen LogP contribution is 2.19. The Hall–Kier alpha value is -1.42. The zero-order valence-corrected chi connectivity index (χ0v) is 9.24. The molecular weight excluding hydrogens is 207 g/mol. The van der Waals surface area contributed by atoms with Crippen LogP contribution in [0.15, 0.2) is 24.3 Å². The SMILES string of the molecule is CN(C(=O)CNC1CC1)c1ccccc1F. The van der Waals surface area contributed by atoms with Gasteiger partial charge in [0.25, 0.3) is 0 Å². The van der Waals surface area contributed by atoms with Crippen LogP contribution in [0.5, 0.6) is 0 Å². The van der Waals surface area contributed by atoms with Gasteiger partial charge in [0.15, 0.2) is 0 Å². The molecule has 0 unspecified atom stereocenters. The summed E-state index contributed by atoms with van der Waals surface area (Å²) in [7, 11) is 1.59. The summed E-state index contributed by atoms with van der Waals surface area (Å²) < 4.78 is 13.4. The van der Waals surface area contributed by atoms with Crippen LogP contribution in [0.1, 0.15) is 12.8 Å².